The molecule has 0 aliphatic carbocycles. The molecule has 1 saturated heterocycles. The van der Waals surface area contributed by atoms with Crippen LogP contribution in [0.25, 0.3) is 0 Å². The van der Waals surface area contributed by atoms with Crippen molar-refractivity contribution in [2.45, 2.75) is 24.4 Å². The zero-order valence-electron chi connectivity index (χ0n) is 17.3. The van der Waals surface area contributed by atoms with E-state index >= 15 is 0 Å². The maximum Gasteiger partial charge on any atom is 0.273 e. The first-order valence-corrected chi connectivity index (χ1v) is 12.1. The summed E-state index contributed by atoms with van der Waals surface area (Å²) in [6, 6.07) is 6.25. The molecular formula is C21H26N4O3S2. The summed E-state index contributed by atoms with van der Waals surface area (Å²) in [6.45, 7) is 7.30. The average molecular weight is 447 g/mol. The second kappa shape index (κ2) is 9.36. The fourth-order valence-electron chi connectivity index (χ4n) is 3.81. The lowest BCUT2D eigenvalue weighted by Gasteiger charge is -2.34. The van der Waals surface area contributed by atoms with E-state index in [-0.39, 0.29) is 11.8 Å². The van der Waals surface area contributed by atoms with Crippen molar-refractivity contribution in [3.63, 3.8) is 0 Å². The predicted octanol–water partition coefficient (Wildman–Crippen LogP) is 2.56. The van der Waals surface area contributed by atoms with Gasteiger partial charge in [0.25, 0.3) is 5.91 Å². The Bertz CT molecular complexity index is 925. The molecule has 160 valence electrons. The number of thiazole rings is 1. The van der Waals surface area contributed by atoms with Gasteiger partial charge in [-0.2, -0.15) is 0 Å². The van der Waals surface area contributed by atoms with Crippen LogP contribution in [0.1, 0.15) is 28.5 Å². The van der Waals surface area contributed by atoms with Gasteiger partial charge in [0.1, 0.15) is 22.4 Å². The first kappa shape index (κ1) is 21.1. The lowest BCUT2D eigenvalue weighted by Crippen LogP contribution is -2.47. The second-order valence-corrected chi connectivity index (χ2v) is 9.41. The van der Waals surface area contributed by atoms with Gasteiger partial charge in [0, 0.05) is 57.1 Å². The van der Waals surface area contributed by atoms with E-state index in [1.165, 1.54) is 16.9 Å². The number of carbonyl (C=O) groups is 2. The van der Waals surface area contributed by atoms with Crippen LogP contribution in [0.5, 0.6) is 5.75 Å². The molecule has 9 heteroatoms. The maximum absolute atomic E-state index is 12.9. The number of piperazine rings is 1. The maximum atomic E-state index is 12.9. The smallest absolute Gasteiger partial charge is 0.273 e. The Morgan fingerprint density at radius 2 is 1.97 bits per heavy atom. The lowest BCUT2D eigenvalue weighted by atomic mass is 10.1. The fourth-order valence-corrected chi connectivity index (χ4v) is 5.05. The summed E-state index contributed by atoms with van der Waals surface area (Å²) >= 11 is 3.05. The summed E-state index contributed by atoms with van der Waals surface area (Å²) in [5.41, 5.74) is 2.73. The van der Waals surface area contributed by atoms with Crippen molar-refractivity contribution in [3.05, 3.63) is 40.4 Å². The Labute approximate surface area is 185 Å². The van der Waals surface area contributed by atoms with Crippen molar-refractivity contribution in [2.75, 3.05) is 45.6 Å². The van der Waals surface area contributed by atoms with E-state index in [9.17, 15) is 9.59 Å². The highest BCUT2D eigenvalue weighted by Crippen LogP contribution is 2.27. The molecule has 0 atom stereocenters. The van der Waals surface area contributed by atoms with Crippen molar-refractivity contribution >= 4 is 34.9 Å². The molecular weight excluding hydrogens is 420 g/mol. The van der Waals surface area contributed by atoms with E-state index in [4.69, 9.17) is 4.74 Å². The fraction of sp³-hybridized carbons (Fsp3) is 0.476. The van der Waals surface area contributed by atoms with Crippen LogP contribution in [0.2, 0.25) is 0 Å². The molecule has 0 spiro atoms. The monoisotopic (exact) mass is 446 g/mol. The minimum Gasteiger partial charge on any atom is -0.491 e. The summed E-state index contributed by atoms with van der Waals surface area (Å²) in [5.74, 6) is 0.943. The molecule has 1 fully saturated rings. The minimum absolute atomic E-state index is 0.0474. The van der Waals surface area contributed by atoms with Gasteiger partial charge in [-0.05, 0) is 24.0 Å². The van der Waals surface area contributed by atoms with E-state index in [2.05, 4.69) is 22.0 Å². The Morgan fingerprint density at radius 1 is 1.17 bits per heavy atom. The van der Waals surface area contributed by atoms with E-state index in [0.29, 0.717) is 25.4 Å². The molecule has 0 unspecified atom stereocenters. The van der Waals surface area contributed by atoms with Crippen LogP contribution in [0, 0.1) is 0 Å². The van der Waals surface area contributed by atoms with Crippen LogP contribution in [-0.4, -0.2) is 77.1 Å². The Hall–Kier alpha value is -2.10. The van der Waals surface area contributed by atoms with Crippen LogP contribution < -0.4 is 4.74 Å². The van der Waals surface area contributed by atoms with Crippen molar-refractivity contribution in [1.82, 2.24) is 19.7 Å². The summed E-state index contributed by atoms with van der Waals surface area (Å²) in [5, 5.41) is 1.83. The molecule has 3 heterocycles. The van der Waals surface area contributed by atoms with E-state index in [0.717, 1.165) is 48.4 Å². The summed E-state index contributed by atoms with van der Waals surface area (Å²) in [6.07, 6.45) is 1.96. The topological polar surface area (TPSA) is 66.0 Å². The third kappa shape index (κ3) is 4.79. The van der Waals surface area contributed by atoms with E-state index in [1.807, 2.05) is 27.5 Å². The number of nitrogens with zero attached hydrogens (tertiary/aromatic N) is 4. The van der Waals surface area contributed by atoms with Gasteiger partial charge in [0.15, 0.2) is 0 Å². The first-order valence-electron chi connectivity index (χ1n) is 10.0. The van der Waals surface area contributed by atoms with Gasteiger partial charge in [-0.3, -0.25) is 14.5 Å². The average Bonchev–Trinajstić information content (AvgIpc) is 3.13. The van der Waals surface area contributed by atoms with Crippen LogP contribution in [0.3, 0.4) is 0 Å². The number of carbonyl (C=O) groups excluding carboxylic acids is 2. The normalized spacial score (nSPS) is 17.3. The summed E-state index contributed by atoms with van der Waals surface area (Å²) < 4.78 is 6.80. The zero-order valence-corrected chi connectivity index (χ0v) is 18.9. The Morgan fingerprint density at radius 3 is 2.67 bits per heavy atom. The molecule has 2 aliphatic heterocycles. The van der Waals surface area contributed by atoms with E-state index in [1.54, 1.807) is 18.7 Å². The number of thioether (sulfide) groups is 1. The third-order valence-corrected chi connectivity index (χ3v) is 7.36. The number of hydrogen-bond acceptors (Lipinski definition) is 7. The van der Waals surface area contributed by atoms with Crippen molar-refractivity contribution in [3.8, 4) is 5.75 Å². The summed E-state index contributed by atoms with van der Waals surface area (Å²) in [4.78, 5) is 35.0. The summed E-state index contributed by atoms with van der Waals surface area (Å²) in [7, 11) is 0. The zero-order chi connectivity index (χ0) is 21.1. The number of benzene rings is 1. The van der Waals surface area contributed by atoms with Gasteiger partial charge in [0.2, 0.25) is 5.91 Å². The van der Waals surface area contributed by atoms with Crippen LogP contribution in [0.4, 0.5) is 0 Å². The second-order valence-electron chi connectivity index (χ2n) is 7.50. The molecule has 2 amide bonds. The molecule has 0 bridgehead atoms. The van der Waals surface area contributed by atoms with Crippen molar-refractivity contribution in [2.24, 2.45) is 0 Å². The first-order chi connectivity index (χ1) is 14.5. The van der Waals surface area contributed by atoms with Crippen LogP contribution >= 0.6 is 23.1 Å². The number of hydrogen-bond donors (Lipinski definition) is 0. The molecule has 0 radical (unpaired) electrons. The van der Waals surface area contributed by atoms with Gasteiger partial charge < -0.3 is 14.5 Å². The SMILES string of the molecule is CSc1nc(C(=O)N2CCOc3ccc(CN4CCN(C(C)=O)CC4)cc3C2)cs1. The Kier molecular flexibility index (Phi) is 6.60. The van der Waals surface area contributed by atoms with Crippen molar-refractivity contribution in [1.29, 1.82) is 0 Å². The molecule has 30 heavy (non-hydrogen) atoms. The van der Waals surface area contributed by atoms with Gasteiger partial charge in [0.05, 0.1) is 6.54 Å². The predicted molar refractivity (Wildman–Crippen MR) is 118 cm³/mol. The molecule has 2 aliphatic rings. The number of amides is 2. The Balaban J connectivity index is 1.44. The van der Waals surface area contributed by atoms with Gasteiger partial charge >= 0.3 is 0 Å². The van der Waals surface area contributed by atoms with E-state index < -0.39 is 0 Å². The molecule has 0 saturated carbocycles. The number of aromatic nitrogens is 1. The lowest BCUT2D eigenvalue weighted by molar-refractivity contribution is -0.130. The minimum atomic E-state index is -0.0474. The number of fused-ring (bicyclic) bond motifs is 1. The number of rotatable bonds is 4. The molecule has 7 nitrogen and oxygen atoms in total. The highest BCUT2D eigenvalue weighted by molar-refractivity contribution is 8.00. The largest absolute Gasteiger partial charge is 0.491 e. The van der Waals surface area contributed by atoms with Crippen molar-refractivity contribution < 1.29 is 14.3 Å². The quantitative estimate of drug-likeness (QED) is 0.673. The molecule has 4 rings (SSSR count). The molecule has 2 aromatic rings. The highest BCUT2D eigenvalue weighted by Gasteiger charge is 2.24. The van der Waals surface area contributed by atoms with Crippen LogP contribution in [0.15, 0.2) is 27.9 Å². The third-order valence-electron chi connectivity index (χ3n) is 5.49. The van der Waals surface area contributed by atoms with Crippen LogP contribution in [-0.2, 0) is 17.9 Å². The highest BCUT2D eigenvalue weighted by atomic mass is 32.2. The molecule has 0 N–H and O–H groups in total. The van der Waals surface area contributed by atoms with Gasteiger partial charge in [-0.25, -0.2) is 4.98 Å². The number of ether oxygens (including phenoxy) is 1. The molecule has 1 aromatic carbocycles. The standard InChI is InChI=1S/C21H26N4O3S2/c1-15(26)24-7-5-23(6-8-24)12-16-3-4-19-17(11-16)13-25(9-10-28-19)20(27)18-14-30-21(22-18)29-2/h3-4,11,14H,5-10,12-13H2,1-2H3. The van der Waals surface area contributed by atoms with Gasteiger partial charge in [-0.1, -0.05) is 17.8 Å². The molecule has 1 aromatic heterocycles. The van der Waals surface area contributed by atoms with Gasteiger partial charge in [-0.15, -0.1) is 11.3 Å².